The topological polar surface area (TPSA) is 61.9 Å². The van der Waals surface area contributed by atoms with Crippen LogP contribution in [0.3, 0.4) is 0 Å². The highest BCUT2D eigenvalue weighted by molar-refractivity contribution is 5.53. The number of nitrogens with zero attached hydrogens (tertiary/aromatic N) is 2. The molecule has 0 aliphatic heterocycles. The maximum absolute atomic E-state index is 8.75. The van der Waals surface area contributed by atoms with Gasteiger partial charge >= 0.3 is 0 Å². The molecule has 1 aromatic heterocycles. The molecule has 0 radical (unpaired) electrons. The molecule has 0 atom stereocenters. The van der Waals surface area contributed by atoms with E-state index in [-0.39, 0.29) is 0 Å². The van der Waals surface area contributed by atoms with Crippen LogP contribution < -0.4 is 5.32 Å². The average Bonchev–Trinajstić information content (AvgIpc) is 3.03. The van der Waals surface area contributed by atoms with Gasteiger partial charge in [-0.05, 0) is 36.4 Å². The molecule has 0 fully saturated rings. The minimum atomic E-state index is 0.572. The van der Waals surface area contributed by atoms with Crippen LogP contribution in [0.5, 0.6) is 0 Å². The maximum atomic E-state index is 8.75. The average molecular weight is 275 g/mol. The van der Waals surface area contributed by atoms with Gasteiger partial charge in [-0.15, -0.1) is 0 Å². The Balaban J connectivity index is 1.66. The molecule has 0 saturated carbocycles. The Kier molecular flexibility index (Phi) is 3.66. The first-order valence-corrected chi connectivity index (χ1v) is 6.59. The lowest BCUT2D eigenvalue weighted by molar-refractivity contribution is 0.573. The molecule has 2 aromatic carbocycles. The van der Waals surface area contributed by atoms with Gasteiger partial charge in [0, 0.05) is 11.3 Å². The quantitative estimate of drug-likeness (QED) is 0.786. The van der Waals surface area contributed by atoms with E-state index in [2.05, 4.69) is 16.4 Å². The molecule has 21 heavy (non-hydrogen) atoms. The Morgan fingerprint density at radius 1 is 1.05 bits per heavy atom. The summed E-state index contributed by atoms with van der Waals surface area (Å²) in [6.07, 6.45) is 1.65. The normalized spacial score (nSPS) is 10.0. The first-order valence-electron chi connectivity index (χ1n) is 6.59. The zero-order chi connectivity index (χ0) is 14.5. The molecule has 0 bridgehead atoms. The summed E-state index contributed by atoms with van der Waals surface area (Å²) in [6.45, 7) is 0.572. The smallest absolute Gasteiger partial charge is 0.226 e. The van der Waals surface area contributed by atoms with Crippen molar-refractivity contribution in [3.05, 3.63) is 72.1 Å². The predicted octanol–water partition coefficient (Wildman–Crippen LogP) is 3.83. The van der Waals surface area contributed by atoms with Crippen LogP contribution in [0.4, 0.5) is 5.69 Å². The number of nitrogens with one attached hydrogen (secondary N) is 1. The summed E-state index contributed by atoms with van der Waals surface area (Å²) in [6, 6.07) is 19.2. The Hall–Kier alpha value is -3.06. The van der Waals surface area contributed by atoms with E-state index < -0.39 is 0 Å². The van der Waals surface area contributed by atoms with Crippen molar-refractivity contribution in [3.63, 3.8) is 0 Å². The summed E-state index contributed by atoms with van der Waals surface area (Å²) in [5, 5.41) is 12.0. The van der Waals surface area contributed by atoms with Crippen molar-refractivity contribution in [2.75, 3.05) is 5.32 Å². The highest BCUT2D eigenvalue weighted by atomic mass is 16.3. The second-order valence-electron chi connectivity index (χ2n) is 4.55. The molecule has 1 heterocycles. The summed E-state index contributed by atoms with van der Waals surface area (Å²) in [4.78, 5) is 4.45. The number of hydrogen-bond acceptors (Lipinski definition) is 4. The van der Waals surface area contributed by atoms with Gasteiger partial charge in [0.2, 0.25) is 5.89 Å². The van der Waals surface area contributed by atoms with Gasteiger partial charge in [0.25, 0.3) is 0 Å². The molecule has 3 rings (SSSR count). The molecular formula is C17H13N3O. The van der Waals surface area contributed by atoms with E-state index in [4.69, 9.17) is 9.68 Å². The lowest BCUT2D eigenvalue weighted by atomic mass is 10.2. The minimum Gasteiger partial charge on any atom is -0.444 e. The van der Waals surface area contributed by atoms with Crippen LogP contribution in [0, 0.1) is 11.3 Å². The zero-order valence-corrected chi connectivity index (χ0v) is 11.3. The van der Waals surface area contributed by atoms with Gasteiger partial charge in [-0.3, -0.25) is 0 Å². The third kappa shape index (κ3) is 3.10. The van der Waals surface area contributed by atoms with Crippen LogP contribution in [-0.4, -0.2) is 4.98 Å². The van der Waals surface area contributed by atoms with Crippen molar-refractivity contribution >= 4 is 5.69 Å². The predicted molar refractivity (Wildman–Crippen MR) is 80.4 cm³/mol. The Labute approximate surface area is 122 Å². The molecule has 1 N–H and O–H groups in total. The fourth-order valence-corrected chi connectivity index (χ4v) is 1.96. The summed E-state index contributed by atoms with van der Waals surface area (Å²) < 4.78 is 5.48. The third-order valence-corrected chi connectivity index (χ3v) is 3.06. The van der Waals surface area contributed by atoms with Crippen LogP contribution in [0.15, 0.2) is 65.3 Å². The summed E-state index contributed by atoms with van der Waals surface area (Å²) in [5.74, 6) is 0.618. The largest absolute Gasteiger partial charge is 0.444 e. The lowest BCUT2D eigenvalue weighted by Crippen LogP contribution is -1.99. The van der Waals surface area contributed by atoms with Gasteiger partial charge in [-0.2, -0.15) is 5.26 Å². The molecule has 0 unspecified atom stereocenters. The second-order valence-corrected chi connectivity index (χ2v) is 4.55. The molecule has 0 amide bonds. The second kappa shape index (κ2) is 5.93. The fraction of sp³-hybridized carbons (Fsp3) is 0.0588. The molecule has 4 nitrogen and oxygen atoms in total. The lowest BCUT2D eigenvalue weighted by Gasteiger charge is -2.03. The van der Waals surface area contributed by atoms with E-state index in [0.29, 0.717) is 18.0 Å². The van der Waals surface area contributed by atoms with Crippen molar-refractivity contribution in [2.45, 2.75) is 6.54 Å². The van der Waals surface area contributed by atoms with Crippen molar-refractivity contribution in [2.24, 2.45) is 0 Å². The minimum absolute atomic E-state index is 0.572. The maximum Gasteiger partial charge on any atom is 0.226 e. The van der Waals surface area contributed by atoms with E-state index >= 15 is 0 Å². The number of nitriles is 1. The first-order chi connectivity index (χ1) is 10.3. The van der Waals surface area contributed by atoms with E-state index in [1.54, 1.807) is 18.4 Å². The van der Waals surface area contributed by atoms with Crippen molar-refractivity contribution < 1.29 is 4.42 Å². The first kappa shape index (κ1) is 12.9. The van der Waals surface area contributed by atoms with Crippen molar-refractivity contribution in [3.8, 4) is 17.5 Å². The van der Waals surface area contributed by atoms with Gasteiger partial charge in [0.05, 0.1) is 23.9 Å². The van der Waals surface area contributed by atoms with Crippen molar-refractivity contribution in [1.82, 2.24) is 4.98 Å². The van der Waals surface area contributed by atoms with Crippen LogP contribution in [0.25, 0.3) is 11.5 Å². The molecule has 0 aliphatic carbocycles. The highest BCUT2D eigenvalue weighted by Crippen LogP contribution is 2.18. The number of oxazole rings is 1. The van der Waals surface area contributed by atoms with Crippen LogP contribution in [-0.2, 0) is 6.54 Å². The van der Waals surface area contributed by atoms with Gasteiger partial charge in [-0.1, -0.05) is 18.2 Å². The number of benzene rings is 2. The van der Waals surface area contributed by atoms with E-state index in [9.17, 15) is 0 Å². The van der Waals surface area contributed by atoms with Gasteiger partial charge in [0.1, 0.15) is 6.26 Å². The summed E-state index contributed by atoms with van der Waals surface area (Å²) >= 11 is 0. The van der Waals surface area contributed by atoms with Crippen LogP contribution in [0.1, 0.15) is 11.3 Å². The summed E-state index contributed by atoms with van der Waals surface area (Å²) in [5.41, 5.74) is 3.38. The highest BCUT2D eigenvalue weighted by Gasteiger charge is 2.05. The molecule has 0 aliphatic rings. The standard InChI is InChI=1S/C17H13N3O/c18-10-13-6-8-15(9-7-13)19-11-16-12-21-17(20-16)14-4-2-1-3-5-14/h1-9,12,19H,11H2. The van der Waals surface area contributed by atoms with Crippen LogP contribution in [0.2, 0.25) is 0 Å². The van der Waals surface area contributed by atoms with Crippen molar-refractivity contribution in [1.29, 1.82) is 5.26 Å². The molecule has 0 saturated heterocycles. The number of rotatable bonds is 4. The number of anilines is 1. The van der Waals surface area contributed by atoms with Gasteiger partial charge in [-0.25, -0.2) is 4.98 Å². The molecule has 0 spiro atoms. The van der Waals surface area contributed by atoms with Gasteiger partial charge in [0.15, 0.2) is 0 Å². The summed E-state index contributed by atoms with van der Waals surface area (Å²) in [7, 11) is 0. The fourth-order valence-electron chi connectivity index (χ4n) is 1.96. The zero-order valence-electron chi connectivity index (χ0n) is 11.3. The van der Waals surface area contributed by atoms with Crippen LogP contribution >= 0.6 is 0 Å². The molecular weight excluding hydrogens is 262 g/mol. The SMILES string of the molecule is N#Cc1ccc(NCc2coc(-c3ccccc3)n2)cc1. The monoisotopic (exact) mass is 275 g/mol. The molecule has 4 heteroatoms. The van der Waals surface area contributed by atoms with Gasteiger partial charge < -0.3 is 9.73 Å². The number of aromatic nitrogens is 1. The van der Waals surface area contributed by atoms with E-state index in [1.807, 2.05) is 42.5 Å². The Bertz CT molecular complexity index is 755. The molecule has 102 valence electrons. The Morgan fingerprint density at radius 3 is 2.52 bits per heavy atom. The number of hydrogen-bond donors (Lipinski definition) is 1. The third-order valence-electron chi connectivity index (χ3n) is 3.06. The van der Waals surface area contributed by atoms with E-state index in [0.717, 1.165) is 16.9 Å². The van der Waals surface area contributed by atoms with E-state index in [1.165, 1.54) is 0 Å². The Morgan fingerprint density at radius 2 is 1.81 bits per heavy atom. The molecule has 3 aromatic rings.